The molecule has 0 saturated carbocycles. The molecule has 0 atom stereocenters. The summed E-state index contributed by atoms with van der Waals surface area (Å²) < 4.78 is 13.0. The molecule has 0 aromatic heterocycles. The molecule has 0 unspecified atom stereocenters. The quantitative estimate of drug-likeness (QED) is 0.756. The summed E-state index contributed by atoms with van der Waals surface area (Å²) in [5.74, 6) is -0.912. The highest BCUT2D eigenvalue weighted by molar-refractivity contribution is 5.72. The molecule has 0 spiro atoms. The van der Waals surface area contributed by atoms with E-state index in [-0.39, 0.29) is 5.75 Å². The van der Waals surface area contributed by atoms with Crippen molar-refractivity contribution in [1.29, 1.82) is 0 Å². The normalized spacial score (nSPS) is 10.8. The maximum absolute atomic E-state index is 13.0. The third-order valence-corrected chi connectivity index (χ3v) is 2.27. The number of para-hydroxylation sites is 1. The number of halogens is 1. The number of hydrogen-bond donors (Lipinski definition) is 1. The first-order valence-electron chi connectivity index (χ1n) is 4.98. The van der Waals surface area contributed by atoms with Crippen molar-refractivity contribution in [1.82, 2.24) is 0 Å². The lowest BCUT2D eigenvalue weighted by Gasteiger charge is -1.99. The molecule has 0 aliphatic heterocycles. The summed E-state index contributed by atoms with van der Waals surface area (Å²) in [6.07, 6.45) is 3.52. The van der Waals surface area contributed by atoms with E-state index < -0.39 is 5.82 Å². The molecule has 1 N–H and O–H groups in total. The number of aromatic hydroxyl groups is 1. The average Bonchev–Trinajstić information content (AvgIpc) is 2.32. The van der Waals surface area contributed by atoms with Crippen molar-refractivity contribution in [3.8, 4) is 5.75 Å². The molecule has 2 aromatic rings. The minimum Gasteiger partial charge on any atom is -0.504 e. The molecule has 0 bridgehead atoms. The molecule has 80 valence electrons. The van der Waals surface area contributed by atoms with Gasteiger partial charge < -0.3 is 5.11 Å². The molecule has 16 heavy (non-hydrogen) atoms. The number of benzene rings is 2. The first-order valence-corrected chi connectivity index (χ1v) is 4.98. The van der Waals surface area contributed by atoms with Gasteiger partial charge in [-0.25, -0.2) is 4.39 Å². The van der Waals surface area contributed by atoms with Crippen molar-refractivity contribution in [2.24, 2.45) is 0 Å². The van der Waals surface area contributed by atoms with Crippen LogP contribution in [-0.2, 0) is 0 Å². The Morgan fingerprint density at radius 2 is 1.62 bits per heavy atom. The third-order valence-electron chi connectivity index (χ3n) is 2.27. The van der Waals surface area contributed by atoms with Crippen LogP contribution in [-0.4, -0.2) is 5.11 Å². The van der Waals surface area contributed by atoms with Crippen molar-refractivity contribution >= 4 is 12.2 Å². The van der Waals surface area contributed by atoms with E-state index >= 15 is 0 Å². The minimum absolute atomic E-state index is 0.310. The maximum Gasteiger partial charge on any atom is 0.165 e. The lowest BCUT2D eigenvalue weighted by molar-refractivity contribution is 0.431. The zero-order chi connectivity index (χ0) is 11.4. The van der Waals surface area contributed by atoms with Gasteiger partial charge in [0.1, 0.15) is 0 Å². The van der Waals surface area contributed by atoms with Crippen molar-refractivity contribution < 1.29 is 9.50 Å². The van der Waals surface area contributed by atoms with Gasteiger partial charge in [0.25, 0.3) is 0 Å². The topological polar surface area (TPSA) is 20.2 Å². The predicted molar refractivity (Wildman–Crippen MR) is 63.4 cm³/mol. The Bertz CT molecular complexity index is 503. The fraction of sp³-hybridized carbons (Fsp3) is 0. The van der Waals surface area contributed by atoms with E-state index in [0.29, 0.717) is 5.56 Å². The lowest BCUT2D eigenvalue weighted by Crippen LogP contribution is -1.79. The van der Waals surface area contributed by atoms with E-state index in [2.05, 4.69) is 0 Å². The Morgan fingerprint density at radius 1 is 0.875 bits per heavy atom. The fourth-order valence-electron chi connectivity index (χ4n) is 1.42. The molecule has 0 aliphatic rings. The van der Waals surface area contributed by atoms with E-state index in [1.807, 2.05) is 36.4 Å². The first-order chi connectivity index (χ1) is 7.77. The van der Waals surface area contributed by atoms with Crippen molar-refractivity contribution in [3.05, 3.63) is 65.5 Å². The molecule has 0 amide bonds. The Balaban J connectivity index is 2.28. The van der Waals surface area contributed by atoms with Crippen LogP contribution in [0.25, 0.3) is 12.2 Å². The van der Waals surface area contributed by atoms with Crippen LogP contribution in [0.15, 0.2) is 48.5 Å². The predicted octanol–water partition coefficient (Wildman–Crippen LogP) is 3.70. The van der Waals surface area contributed by atoms with Crippen LogP contribution < -0.4 is 0 Å². The molecule has 2 heteroatoms. The number of hydrogen-bond acceptors (Lipinski definition) is 1. The van der Waals surface area contributed by atoms with Gasteiger partial charge in [-0.2, -0.15) is 0 Å². The van der Waals surface area contributed by atoms with Crippen molar-refractivity contribution in [2.45, 2.75) is 0 Å². The highest BCUT2D eigenvalue weighted by Gasteiger charge is 2.02. The van der Waals surface area contributed by atoms with Crippen LogP contribution in [0.3, 0.4) is 0 Å². The van der Waals surface area contributed by atoms with Crippen LogP contribution in [0, 0.1) is 5.82 Å². The number of rotatable bonds is 2. The summed E-state index contributed by atoms with van der Waals surface area (Å²) in [7, 11) is 0. The minimum atomic E-state index is -0.602. The number of phenols is 1. The van der Waals surface area contributed by atoms with Gasteiger partial charge >= 0.3 is 0 Å². The third kappa shape index (κ3) is 2.28. The molecule has 1 nitrogen and oxygen atoms in total. The Labute approximate surface area is 93.5 Å². The van der Waals surface area contributed by atoms with Crippen LogP contribution in [0.2, 0.25) is 0 Å². The summed E-state index contributed by atoms with van der Waals surface area (Å²) >= 11 is 0. The maximum atomic E-state index is 13.0. The zero-order valence-corrected chi connectivity index (χ0v) is 8.60. The second-order valence-electron chi connectivity index (χ2n) is 3.42. The Kier molecular flexibility index (Phi) is 3.01. The van der Waals surface area contributed by atoms with E-state index in [1.165, 1.54) is 6.07 Å². The van der Waals surface area contributed by atoms with E-state index in [4.69, 9.17) is 0 Å². The molecule has 0 heterocycles. The smallest absolute Gasteiger partial charge is 0.165 e. The summed E-state index contributed by atoms with van der Waals surface area (Å²) in [5, 5.41) is 9.45. The van der Waals surface area contributed by atoms with Gasteiger partial charge in [0.15, 0.2) is 11.6 Å². The highest BCUT2D eigenvalue weighted by atomic mass is 19.1. The zero-order valence-electron chi connectivity index (χ0n) is 8.60. The molecule has 2 aromatic carbocycles. The molecule has 0 aliphatic carbocycles. The van der Waals surface area contributed by atoms with Crippen LogP contribution >= 0.6 is 0 Å². The summed E-state index contributed by atoms with van der Waals surface area (Å²) in [5.41, 5.74) is 1.48. The molecule has 2 rings (SSSR count). The molecule has 0 fully saturated rings. The van der Waals surface area contributed by atoms with E-state index in [1.54, 1.807) is 18.2 Å². The van der Waals surface area contributed by atoms with Gasteiger partial charge in [0.05, 0.1) is 0 Å². The van der Waals surface area contributed by atoms with Gasteiger partial charge in [0, 0.05) is 5.56 Å². The molecular weight excluding hydrogens is 203 g/mol. The second-order valence-corrected chi connectivity index (χ2v) is 3.42. The van der Waals surface area contributed by atoms with Crippen LogP contribution in [0.4, 0.5) is 4.39 Å². The largest absolute Gasteiger partial charge is 0.504 e. The van der Waals surface area contributed by atoms with Crippen LogP contribution in [0.5, 0.6) is 5.75 Å². The van der Waals surface area contributed by atoms with Gasteiger partial charge in [0.2, 0.25) is 0 Å². The Hall–Kier alpha value is -2.09. The summed E-state index contributed by atoms with van der Waals surface area (Å²) in [6.45, 7) is 0. The standard InChI is InChI=1S/C14H11FO/c15-13-8-4-7-12(14(13)16)10-9-11-5-2-1-3-6-11/h1-10,16H. The van der Waals surface area contributed by atoms with Gasteiger partial charge in [-0.15, -0.1) is 0 Å². The highest BCUT2D eigenvalue weighted by Crippen LogP contribution is 2.22. The average molecular weight is 214 g/mol. The monoisotopic (exact) mass is 214 g/mol. The first kappa shape index (κ1) is 10.4. The summed E-state index contributed by atoms with van der Waals surface area (Å²) in [4.78, 5) is 0. The van der Waals surface area contributed by atoms with E-state index in [0.717, 1.165) is 5.56 Å². The Morgan fingerprint density at radius 3 is 2.38 bits per heavy atom. The van der Waals surface area contributed by atoms with Gasteiger partial charge in [-0.1, -0.05) is 54.6 Å². The van der Waals surface area contributed by atoms with Gasteiger partial charge in [-0.3, -0.25) is 0 Å². The fourth-order valence-corrected chi connectivity index (χ4v) is 1.42. The number of phenolic OH excluding ortho intramolecular Hbond substituents is 1. The summed E-state index contributed by atoms with van der Waals surface area (Å²) in [6, 6.07) is 14.1. The molecule has 0 saturated heterocycles. The van der Waals surface area contributed by atoms with E-state index in [9.17, 15) is 9.50 Å². The molecular formula is C14H11FO. The van der Waals surface area contributed by atoms with Crippen molar-refractivity contribution in [3.63, 3.8) is 0 Å². The van der Waals surface area contributed by atoms with Gasteiger partial charge in [-0.05, 0) is 11.6 Å². The molecule has 0 radical (unpaired) electrons. The van der Waals surface area contributed by atoms with Crippen molar-refractivity contribution in [2.75, 3.05) is 0 Å². The second kappa shape index (κ2) is 4.62. The van der Waals surface area contributed by atoms with Crippen LogP contribution in [0.1, 0.15) is 11.1 Å². The SMILES string of the molecule is Oc1c(F)cccc1C=Cc1ccccc1. The lowest BCUT2D eigenvalue weighted by atomic mass is 10.1.